The summed E-state index contributed by atoms with van der Waals surface area (Å²) in [5, 5.41) is 3.48. The van der Waals surface area contributed by atoms with E-state index < -0.39 is 0 Å². The van der Waals surface area contributed by atoms with Crippen LogP contribution in [0.15, 0.2) is 24.3 Å². The number of piperidine rings is 1. The van der Waals surface area contributed by atoms with Crippen LogP contribution in [0.1, 0.15) is 50.4 Å². The molecule has 0 spiro atoms. The van der Waals surface area contributed by atoms with Crippen LogP contribution in [0.4, 0.5) is 0 Å². The van der Waals surface area contributed by atoms with Crippen molar-refractivity contribution in [2.75, 3.05) is 13.1 Å². The molecule has 1 heterocycles. The van der Waals surface area contributed by atoms with Crippen molar-refractivity contribution in [1.82, 2.24) is 10.2 Å². The van der Waals surface area contributed by atoms with Gasteiger partial charge in [-0.15, -0.1) is 0 Å². The Hall–Kier alpha value is -1.55. The number of carbonyl (C=O) groups excluding carboxylic acids is 2. The molecule has 0 saturated carbocycles. The molecule has 1 saturated heterocycles. The van der Waals surface area contributed by atoms with Gasteiger partial charge >= 0.3 is 0 Å². The van der Waals surface area contributed by atoms with Crippen molar-refractivity contribution in [2.45, 2.75) is 46.1 Å². The summed E-state index contributed by atoms with van der Waals surface area (Å²) in [5.41, 5.74) is 0.507. The summed E-state index contributed by atoms with van der Waals surface area (Å²) in [6.45, 7) is 7.61. The van der Waals surface area contributed by atoms with Crippen molar-refractivity contribution in [3.05, 3.63) is 34.9 Å². The van der Waals surface area contributed by atoms with Crippen LogP contribution in [0.2, 0.25) is 5.02 Å². The third kappa shape index (κ3) is 5.24. The standard InChI is InChI=1S/C18H25ClN2O2/c1-18(2,3)12-16(22)21-10-8-13(9-11-21)20-17(23)14-6-4-5-7-15(14)19/h4-7,13H,8-12H2,1-3H3,(H,20,23). The topological polar surface area (TPSA) is 49.4 Å². The first-order chi connectivity index (χ1) is 10.8. The van der Waals surface area contributed by atoms with Crippen LogP contribution in [-0.4, -0.2) is 35.8 Å². The number of rotatable bonds is 3. The van der Waals surface area contributed by atoms with Gasteiger partial charge in [0.05, 0.1) is 10.6 Å². The average molecular weight is 337 g/mol. The molecule has 1 aliphatic rings. The van der Waals surface area contributed by atoms with Crippen LogP contribution in [0.3, 0.4) is 0 Å². The zero-order chi connectivity index (χ0) is 17.0. The lowest BCUT2D eigenvalue weighted by Gasteiger charge is -2.34. The van der Waals surface area contributed by atoms with Gasteiger partial charge in [-0.3, -0.25) is 9.59 Å². The van der Waals surface area contributed by atoms with Crippen molar-refractivity contribution >= 4 is 23.4 Å². The first-order valence-corrected chi connectivity index (χ1v) is 8.47. The highest BCUT2D eigenvalue weighted by molar-refractivity contribution is 6.33. The average Bonchev–Trinajstić information content (AvgIpc) is 2.46. The Morgan fingerprint density at radius 3 is 2.39 bits per heavy atom. The number of likely N-dealkylation sites (tertiary alicyclic amines) is 1. The Morgan fingerprint density at radius 1 is 1.22 bits per heavy atom. The van der Waals surface area contributed by atoms with E-state index in [1.54, 1.807) is 24.3 Å². The molecule has 0 radical (unpaired) electrons. The summed E-state index contributed by atoms with van der Waals surface area (Å²) < 4.78 is 0. The molecular weight excluding hydrogens is 312 g/mol. The van der Waals surface area contributed by atoms with E-state index in [9.17, 15) is 9.59 Å². The minimum Gasteiger partial charge on any atom is -0.349 e. The molecule has 4 nitrogen and oxygen atoms in total. The molecule has 0 aliphatic carbocycles. The van der Waals surface area contributed by atoms with E-state index >= 15 is 0 Å². The van der Waals surface area contributed by atoms with E-state index in [-0.39, 0.29) is 23.3 Å². The zero-order valence-electron chi connectivity index (χ0n) is 14.1. The first kappa shape index (κ1) is 17.8. The number of benzene rings is 1. The van der Waals surface area contributed by atoms with Crippen LogP contribution in [-0.2, 0) is 4.79 Å². The molecule has 0 unspecified atom stereocenters. The van der Waals surface area contributed by atoms with E-state index in [0.29, 0.717) is 30.1 Å². The van der Waals surface area contributed by atoms with Crippen molar-refractivity contribution in [3.63, 3.8) is 0 Å². The Morgan fingerprint density at radius 2 is 1.83 bits per heavy atom. The van der Waals surface area contributed by atoms with Gasteiger partial charge in [-0.25, -0.2) is 0 Å². The number of halogens is 1. The zero-order valence-corrected chi connectivity index (χ0v) is 14.8. The molecule has 1 aromatic carbocycles. The smallest absolute Gasteiger partial charge is 0.253 e. The van der Waals surface area contributed by atoms with Crippen LogP contribution >= 0.6 is 11.6 Å². The van der Waals surface area contributed by atoms with Crippen LogP contribution < -0.4 is 5.32 Å². The minimum atomic E-state index is -0.143. The Kier molecular flexibility index (Phi) is 5.69. The third-order valence-corrected chi connectivity index (χ3v) is 4.31. The summed E-state index contributed by atoms with van der Waals surface area (Å²) in [4.78, 5) is 26.4. The van der Waals surface area contributed by atoms with Gasteiger partial charge in [0, 0.05) is 25.6 Å². The first-order valence-electron chi connectivity index (χ1n) is 8.09. The molecule has 0 bridgehead atoms. The molecule has 0 aromatic heterocycles. The number of hydrogen-bond donors (Lipinski definition) is 1. The van der Waals surface area contributed by atoms with Gasteiger partial charge in [-0.2, -0.15) is 0 Å². The second kappa shape index (κ2) is 7.35. The number of amides is 2. The molecular formula is C18H25ClN2O2. The van der Waals surface area contributed by atoms with Crippen LogP contribution in [0.25, 0.3) is 0 Å². The van der Waals surface area contributed by atoms with E-state index in [1.807, 2.05) is 4.90 Å². The monoisotopic (exact) mass is 336 g/mol. The van der Waals surface area contributed by atoms with Gasteiger partial charge in [-0.05, 0) is 30.4 Å². The third-order valence-electron chi connectivity index (χ3n) is 3.98. The van der Waals surface area contributed by atoms with Gasteiger partial charge < -0.3 is 10.2 Å². The summed E-state index contributed by atoms with van der Waals surface area (Å²) >= 11 is 6.05. The Balaban J connectivity index is 1.84. The highest BCUT2D eigenvalue weighted by Gasteiger charge is 2.26. The second-order valence-electron chi connectivity index (χ2n) is 7.35. The molecule has 5 heteroatoms. The predicted molar refractivity (Wildman–Crippen MR) is 92.6 cm³/mol. The molecule has 0 atom stereocenters. The van der Waals surface area contributed by atoms with E-state index in [4.69, 9.17) is 11.6 Å². The molecule has 2 rings (SSSR count). The van der Waals surface area contributed by atoms with E-state index in [0.717, 1.165) is 12.8 Å². The maximum absolute atomic E-state index is 12.3. The highest BCUT2D eigenvalue weighted by atomic mass is 35.5. The minimum absolute atomic E-state index is 0.00616. The number of hydrogen-bond acceptors (Lipinski definition) is 2. The SMILES string of the molecule is CC(C)(C)CC(=O)N1CCC(NC(=O)c2ccccc2Cl)CC1. The molecule has 1 aliphatic heterocycles. The quantitative estimate of drug-likeness (QED) is 0.918. The largest absolute Gasteiger partial charge is 0.349 e. The molecule has 1 aromatic rings. The molecule has 1 fully saturated rings. The fourth-order valence-corrected chi connectivity index (χ4v) is 2.97. The summed E-state index contributed by atoms with van der Waals surface area (Å²) in [7, 11) is 0. The fourth-order valence-electron chi connectivity index (χ4n) is 2.75. The van der Waals surface area contributed by atoms with Gasteiger partial charge in [0.15, 0.2) is 0 Å². The van der Waals surface area contributed by atoms with Gasteiger partial charge in [0.25, 0.3) is 5.91 Å². The van der Waals surface area contributed by atoms with Crippen LogP contribution in [0.5, 0.6) is 0 Å². The maximum Gasteiger partial charge on any atom is 0.253 e. The van der Waals surface area contributed by atoms with Gasteiger partial charge in [0.1, 0.15) is 0 Å². The predicted octanol–water partition coefficient (Wildman–Crippen LogP) is 3.50. The Bertz CT molecular complexity index is 573. The number of carbonyl (C=O) groups is 2. The molecule has 126 valence electrons. The van der Waals surface area contributed by atoms with Crippen LogP contribution in [0, 0.1) is 5.41 Å². The number of nitrogens with zero attached hydrogens (tertiary/aromatic N) is 1. The highest BCUT2D eigenvalue weighted by Crippen LogP contribution is 2.22. The lowest BCUT2D eigenvalue weighted by Crippen LogP contribution is -2.47. The van der Waals surface area contributed by atoms with Crippen molar-refractivity contribution in [1.29, 1.82) is 0 Å². The van der Waals surface area contributed by atoms with Crippen molar-refractivity contribution in [3.8, 4) is 0 Å². The van der Waals surface area contributed by atoms with Gasteiger partial charge in [-0.1, -0.05) is 44.5 Å². The lowest BCUT2D eigenvalue weighted by molar-refractivity contribution is -0.134. The maximum atomic E-state index is 12.3. The van der Waals surface area contributed by atoms with E-state index in [2.05, 4.69) is 26.1 Å². The summed E-state index contributed by atoms with van der Waals surface area (Å²) in [5.74, 6) is 0.0587. The van der Waals surface area contributed by atoms with Crippen molar-refractivity contribution in [2.24, 2.45) is 5.41 Å². The second-order valence-corrected chi connectivity index (χ2v) is 7.75. The summed E-state index contributed by atoms with van der Waals surface area (Å²) in [6, 6.07) is 7.13. The number of nitrogens with one attached hydrogen (secondary N) is 1. The molecule has 2 amide bonds. The Labute approximate surface area is 143 Å². The molecule has 23 heavy (non-hydrogen) atoms. The fraction of sp³-hybridized carbons (Fsp3) is 0.556. The normalized spacial score (nSPS) is 16.3. The van der Waals surface area contributed by atoms with E-state index in [1.165, 1.54) is 0 Å². The van der Waals surface area contributed by atoms with Gasteiger partial charge in [0.2, 0.25) is 5.91 Å². The summed E-state index contributed by atoms with van der Waals surface area (Å²) in [6.07, 6.45) is 2.13. The van der Waals surface area contributed by atoms with Crippen molar-refractivity contribution < 1.29 is 9.59 Å². The lowest BCUT2D eigenvalue weighted by atomic mass is 9.91. The molecule has 1 N–H and O–H groups in total.